The van der Waals surface area contributed by atoms with Crippen LogP contribution in [-0.2, 0) is 16.1 Å². The number of benzene rings is 2. The van der Waals surface area contributed by atoms with Crippen LogP contribution < -0.4 is 5.32 Å². The van der Waals surface area contributed by atoms with Gasteiger partial charge in [0.2, 0.25) is 11.8 Å². The molecule has 0 aromatic heterocycles. The van der Waals surface area contributed by atoms with Crippen LogP contribution in [0.4, 0.5) is 0 Å². The summed E-state index contributed by atoms with van der Waals surface area (Å²) in [6.07, 6.45) is 5.21. The molecule has 1 saturated carbocycles. The average Bonchev–Trinajstić information content (AvgIpc) is 3.30. The Balaban J connectivity index is 1.71. The van der Waals surface area contributed by atoms with Gasteiger partial charge < -0.3 is 10.2 Å². The molecule has 3 rings (SSSR count). The number of thioether (sulfide) groups is 1. The summed E-state index contributed by atoms with van der Waals surface area (Å²) in [6.45, 7) is 4.33. The molecule has 0 radical (unpaired) electrons. The Morgan fingerprint density at radius 3 is 2.42 bits per heavy atom. The molecule has 2 aromatic rings. The molecule has 2 amide bonds. The van der Waals surface area contributed by atoms with E-state index in [-0.39, 0.29) is 17.9 Å². The van der Waals surface area contributed by atoms with Crippen LogP contribution >= 0.6 is 35.0 Å². The Morgan fingerprint density at radius 1 is 1.09 bits per heavy atom. The van der Waals surface area contributed by atoms with Gasteiger partial charge in [0.1, 0.15) is 6.04 Å². The third-order valence-corrected chi connectivity index (χ3v) is 7.78. The minimum Gasteiger partial charge on any atom is -0.352 e. The molecular weight excluding hydrogens is 475 g/mol. The largest absolute Gasteiger partial charge is 0.352 e. The molecule has 1 atom stereocenters. The van der Waals surface area contributed by atoms with E-state index in [0.717, 1.165) is 36.1 Å². The van der Waals surface area contributed by atoms with Gasteiger partial charge in [-0.3, -0.25) is 9.59 Å². The predicted molar refractivity (Wildman–Crippen MR) is 138 cm³/mol. The minimum absolute atomic E-state index is 0.0332. The highest BCUT2D eigenvalue weighted by molar-refractivity contribution is 7.99. The van der Waals surface area contributed by atoms with Gasteiger partial charge in [0.05, 0.1) is 10.0 Å². The van der Waals surface area contributed by atoms with Gasteiger partial charge in [0, 0.05) is 29.7 Å². The highest BCUT2D eigenvalue weighted by Gasteiger charge is 2.30. The molecule has 178 valence electrons. The Kier molecular flexibility index (Phi) is 9.96. The maximum Gasteiger partial charge on any atom is 0.243 e. The van der Waals surface area contributed by atoms with Crippen molar-refractivity contribution in [2.24, 2.45) is 0 Å². The first-order valence-corrected chi connectivity index (χ1v) is 13.3. The molecule has 33 heavy (non-hydrogen) atoms. The maximum atomic E-state index is 13.4. The van der Waals surface area contributed by atoms with Crippen LogP contribution in [0, 0.1) is 6.92 Å². The summed E-state index contributed by atoms with van der Waals surface area (Å²) < 4.78 is 0. The Labute approximate surface area is 211 Å². The van der Waals surface area contributed by atoms with Crippen molar-refractivity contribution in [2.75, 3.05) is 5.75 Å². The second kappa shape index (κ2) is 12.7. The first-order chi connectivity index (χ1) is 15.9. The normalized spacial score (nSPS) is 14.8. The number of rotatable bonds is 10. The van der Waals surface area contributed by atoms with Crippen molar-refractivity contribution in [3.63, 3.8) is 0 Å². The van der Waals surface area contributed by atoms with E-state index in [4.69, 9.17) is 23.2 Å². The molecule has 1 fully saturated rings. The third kappa shape index (κ3) is 7.66. The van der Waals surface area contributed by atoms with Gasteiger partial charge in [-0.05, 0) is 56.0 Å². The number of carbonyl (C=O) groups excluding carboxylic acids is 2. The molecule has 7 heteroatoms. The van der Waals surface area contributed by atoms with Gasteiger partial charge in [-0.2, -0.15) is 0 Å². The summed E-state index contributed by atoms with van der Waals surface area (Å²) in [5, 5.41) is 4.09. The molecule has 4 nitrogen and oxygen atoms in total. The lowest BCUT2D eigenvalue weighted by atomic mass is 10.1. The number of nitrogens with zero attached hydrogens (tertiary/aromatic N) is 1. The van der Waals surface area contributed by atoms with Gasteiger partial charge >= 0.3 is 0 Å². The maximum absolute atomic E-state index is 13.4. The van der Waals surface area contributed by atoms with E-state index in [1.165, 1.54) is 5.56 Å². The predicted octanol–water partition coefficient (Wildman–Crippen LogP) is 6.65. The number of carbonyl (C=O) groups is 2. The fourth-order valence-electron chi connectivity index (χ4n) is 4.16. The van der Waals surface area contributed by atoms with Gasteiger partial charge in [-0.15, -0.1) is 11.8 Å². The molecule has 0 bridgehead atoms. The molecule has 1 unspecified atom stereocenters. The molecule has 0 aliphatic heterocycles. The molecular formula is C26H32Cl2N2O2S. The van der Waals surface area contributed by atoms with Crippen molar-refractivity contribution in [3.05, 3.63) is 63.6 Å². The second-order valence-corrected chi connectivity index (χ2v) is 10.6. The quantitative estimate of drug-likeness (QED) is 0.367. The molecule has 0 spiro atoms. The molecule has 1 aliphatic carbocycles. The minimum atomic E-state index is -0.517. The number of aryl methyl sites for hydroxylation is 1. The Hall–Kier alpha value is -1.69. The fraction of sp³-hybridized carbons (Fsp3) is 0.462. The first kappa shape index (κ1) is 25.9. The Bertz CT molecular complexity index is 946. The SMILES string of the molecule is CCC(C(=O)NC1CCCC1)N(Cc1ccc(Cl)c(Cl)c1)C(=O)CCSc1ccc(C)cc1. The second-order valence-electron chi connectivity index (χ2n) is 8.60. The van der Waals surface area contributed by atoms with Gasteiger partial charge in [-0.25, -0.2) is 0 Å². The lowest BCUT2D eigenvalue weighted by Crippen LogP contribution is -2.51. The topological polar surface area (TPSA) is 49.4 Å². The first-order valence-electron chi connectivity index (χ1n) is 11.6. The van der Waals surface area contributed by atoms with Crippen molar-refractivity contribution >= 4 is 46.8 Å². The summed E-state index contributed by atoms with van der Waals surface area (Å²) in [5.41, 5.74) is 2.07. The van der Waals surface area contributed by atoms with Crippen LogP contribution in [0.25, 0.3) is 0 Å². The van der Waals surface area contributed by atoms with E-state index < -0.39 is 6.04 Å². The third-order valence-electron chi connectivity index (χ3n) is 6.03. The monoisotopic (exact) mass is 506 g/mol. The highest BCUT2D eigenvalue weighted by Crippen LogP contribution is 2.25. The smallest absolute Gasteiger partial charge is 0.243 e. The van der Waals surface area contributed by atoms with E-state index in [1.54, 1.807) is 28.8 Å². The van der Waals surface area contributed by atoms with Crippen LogP contribution in [0.15, 0.2) is 47.4 Å². The van der Waals surface area contributed by atoms with Crippen molar-refractivity contribution in [3.8, 4) is 0 Å². The number of nitrogens with one attached hydrogen (secondary N) is 1. The number of halogens is 2. The van der Waals surface area contributed by atoms with E-state index in [0.29, 0.717) is 35.2 Å². The lowest BCUT2D eigenvalue weighted by Gasteiger charge is -2.31. The van der Waals surface area contributed by atoms with Crippen LogP contribution in [0.3, 0.4) is 0 Å². The number of hydrogen-bond donors (Lipinski definition) is 1. The van der Waals surface area contributed by atoms with Crippen LogP contribution in [0.2, 0.25) is 10.0 Å². The zero-order valence-electron chi connectivity index (χ0n) is 19.3. The molecule has 2 aromatic carbocycles. The van der Waals surface area contributed by atoms with Gasteiger partial charge in [-0.1, -0.05) is 66.7 Å². The summed E-state index contributed by atoms with van der Waals surface area (Å²) in [7, 11) is 0. The summed E-state index contributed by atoms with van der Waals surface area (Å²) >= 11 is 13.9. The molecule has 0 heterocycles. The number of amides is 2. The van der Waals surface area contributed by atoms with Crippen LogP contribution in [0.5, 0.6) is 0 Å². The van der Waals surface area contributed by atoms with Gasteiger partial charge in [0.25, 0.3) is 0 Å². The average molecular weight is 508 g/mol. The standard InChI is InChI=1S/C26H32Cl2N2O2S/c1-3-24(26(32)29-20-6-4-5-7-20)30(17-19-10-13-22(27)23(28)16-19)25(31)14-15-33-21-11-8-18(2)9-12-21/h8-13,16,20,24H,3-7,14-15,17H2,1-2H3,(H,29,32). The van der Waals surface area contributed by atoms with Crippen molar-refractivity contribution in [1.29, 1.82) is 0 Å². The van der Waals surface area contributed by atoms with Crippen molar-refractivity contribution in [2.45, 2.75) is 75.9 Å². The number of hydrogen-bond acceptors (Lipinski definition) is 3. The summed E-state index contributed by atoms with van der Waals surface area (Å²) in [5.74, 6) is 0.554. The fourth-order valence-corrected chi connectivity index (χ4v) is 5.32. The molecule has 1 N–H and O–H groups in total. The summed E-state index contributed by atoms with van der Waals surface area (Å²) in [4.78, 5) is 29.4. The van der Waals surface area contributed by atoms with Gasteiger partial charge in [0.15, 0.2) is 0 Å². The summed E-state index contributed by atoms with van der Waals surface area (Å²) in [6, 6.07) is 13.3. The van der Waals surface area contributed by atoms with Crippen molar-refractivity contribution < 1.29 is 9.59 Å². The lowest BCUT2D eigenvalue weighted by molar-refractivity contribution is -0.141. The molecule has 1 aliphatic rings. The van der Waals surface area contributed by atoms with E-state index in [1.807, 2.05) is 13.0 Å². The zero-order chi connectivity index (χ0) is 23.8. The van der Waals surface area contributed by atoms with E-state index >= 15 is 0 Å². The molecule has 0 saturated heterocycles. The van der Waals surface area contributed by atoms with E-state index in [9.17, 15) is 9.59 Å². The van der Waals surface area contributed by atoms with Crippen LogP contribution in [0.1, 0.15) is 56.6 Å². The highest BCUT2D eigenvalue weighted by atomic mass is 35.5. The Morgan fingerprint density at radius 2 is 1.79 bits per heavy atom. The van der Waals surface area contributed by atoms with Crippen molar-refractivity contribution in [1.82, 2.24) is 10.2 Å². The van der Waals surface area contributed by atoms with Crippen LogP contribution in [-0.4, -0.2) is 34.6 Å². The van der Waals surface area contributed by atoms with E-state index in [2.05, 4.69) is 36.5 Å². The zero-order valence-corrected chi connectivity index (χ0v) is 21.6.